The molecule has 0 radical (unpaired) electrons. The SMILES string of the molecule is CCS(=O)(=O)CCNS(=O)(=O)c1cc(C#N)ccc1Cl. The number of hydrogen-bond acceptors (Lipinski definition) is 5. The summed E-state index contributed by atoms with van der Waals surface area (Å²) < 4.78 is 48.7. The van der Waals surface area contributed by atoms with Crippen molar-refractivity contribution in [1.82, 2.24) is 4.72 Å². The zero-order valence-electron chi connectivity index (χ0n) is 10.6. The molecule has 6 nitrogen and oxygen atoms in total. The van der Waals surface area contributed by atoms with E-state index in [-0.39, 0.29) is 33.5 Å². The quantitative estimate of drug-likeness (QED) is 0.832. The molecule has 0 aliphatic rings. The molecule has 0 saturated carbocycles. The van der Waals surface area contributed by atoms with Crippen LogP contribution in [0.4, 0.5) is 0 Å². The van der Waals surface area contributed by atoms with Gasteiger partial charge in [-0.2, -0.15) is 5.26 Å². The Bertz CT molecular complexity index is 736. The summed E-state index contributed by atoms with van der Waals surface area (Å²) in [5.41, 5.74) is 0.149. The Hall–Kier alpha value is -1.14. The molecular formula is C11H13ClN2O4S2. The average Bonchev–Trinajstić information content (AvgIpc) is 2.38. The standard InChI is InChI=1S/C11H13ClN2O4S2/c1-2-19(15,16)6-5-14-20(17,18)11-7-9(8-13)3-4-10(11)12/h3-4,7,14H,2,5-6H2,1H3. The van der Waals surface area contributed by atoms with Gasteiger partial charge in [-0.1, -0.05) is 18.5 Å². The summed E-state index contributed by atoms with van der Waals surface area (Å²) in [6.45, 7) is 1.24. The summed E-state index contributed by atoms with van der Waals surface area (Å²) in [5.74, 6) is -0.350. The van der Waals surface area contributed by atoms with E-state index in [1.807, 2.05) is 6.07 Å². The van der Waals surface area contributed by atoms with Gasteiger partial charge in [0.2, 0.25) is 10.0 Å². The van der Waals surface area contributed by atoms with Crippen molar-refractivity contribution in [3.8, 4) is 6.07 Å². The van der Waals surface area contributed by atoms with Crippen molar-refractivity contribution in [2.75, 3.05) is 18.1 Å². The van der Waals surface area contributed by atoms with E-state index in [1.54, 1.807) is 0 Å². The van der Waals surface area contributed by atoms with Crippen LogP contribution in [-0.4, -0.2) is 34.9 Å². The molecule has 1 aromatic carbocycles. The van der Waals surface area contributed by atoms with E-state index in [1.165, 1.54) is 19.1 Å². The van der Waals surface area contributed by atoms with Crippen molar-refractivity contribution < 1.29 is 16.8 Å². The highest BCUT2D eigenvalue weighted by Crippen LogP contribution is 2.22. The summed E-state index contributed by atoms with van der Waals surface area (Å²) in [6.07, 6.45) is 0. The maximum Gasteiger partial charge on any atom is 0.242 e. The molecule has 0 bridgehead atoms. The maximum atomic E-state index is 12.0. The van der Waals surface area contributed by atoms with Crippen LogP contribution in [0.25, 0.3) is 0 Å². The molecule has 9 heteroatoms. The molecule has 0 aliphatic carbocycles. The predicted octanol–water partition coefficient (Wildman–Crippen LogP) is 0.925. The van der Waals surface area contributed by atoms with Crippen LogP contribution in [-0.2, 0) is 19.9 Å². The van der Waals surface area contributed by atoms with Gasteiger partial charge in [0.25, 0.3) is 0 Å². The van der Waals surface area contributed by atoms with Crippen molar-refractivity contribution in [2.24, 2.45) is 0 Å². The molecule has 0 heterocycles. The van der Waals surface area contributed by atoms with Gasteiger partial charge < -0.3 is 0 Å². The van der Waals surface area contributed by atoms with Gasteiger partial charge in [-0.3, -0.25) is 0 Å². The fourth-order valence-corrected chi connectivity index (χ4v) is 3.72. The lowest BCUT2D eigenvalue weighted by molar-refractivity contribution is 0.581. The normalized spacial score (nSPS) is 12.1. The first kappa shape index (κ1) is 16.9. The Morgan fingerprint density at radius 3 is 2.50 bits per heavy atom. The number of nitrogens with zero attached hydrogens (tertiary/aromatic N) is 1. The number of benzene rings is 1. The smallest absolute Gasteiger partial charge is 0.229 e. The molecule has 0 unspecified atom stereocenters. The Labute approximate surface area is 123 Å². The molecule has 0 spiro atoms. The number of sulfonamides is 1. The van der Waals surface area contributed by atoms with Crippen LogP contribution in [0.5, 0.6) is 0 Å². The maximum absolute atomic E-state index is 12.0. The third-order valence-electron chi connectivity index (χ3n) is 2.49. The molecule has 0 atom stereocenters. The molecule has 0 saturated heterocycles. The Balaban J connectivity index is 2.93. The zero-order chi connectivity index (χ0) is 15.4. The van der Waals surface area contributed by atoms with E-state index in [0.29, 0.717) is 0 Å². The molecule has 0 aliphatic heterocycles. The van der Waals surface area contributed by atoms with Gasteiger partial charge in [-0.15, -0.1) is 0 Å². The highest BCUT2D eigenvalue weighted by Gasteiger charge is 2.19. The van der Waals surface area contributed by atoms with Crippen LogP contribution < -0.4 is 4.72 Å². The van der Waals surface area contributed by atoms with Crippen molar-refractivity contribution in [2.45, 2.75) is 11.8 Å². The summed E-state index contributed by atoms with van der Waals surface area (Å²) in [5, 5.41) is 8.71. The summed E-state index contributed by atoms with van der Waals surface area (Å²) >= 11 is 5.79. The van der Waals surface area contributed by atoms with Crippen LogP contribution >= 0.6 is 11.6 Å². The number of rotatable bonds is 6. The molecule has 1 N–H and O–H groups in total. The zero-order valence-corrected chi connectivity index (χ0v) is 13.0. The highest BCUT2D eigenvalue weighted by atomic mass is 35.5. The second-order valence-corrected chi connectivity index (χ2v) is 8.51. The Kier molecular flexibility index (Phi) is 5.53. The van der Waals surface area contributed by atoms with Gasteiger partial charge in [0.1, 0.15) is 4.90 Å². The van der Waals surface area contributed by atoms with Gasteiger partial charge >= 0.3 is 0 Å². The first-order valence-corrected chi connectivity index (χ1v) is 9.30. The lowest BCUT2D eigenvalue weighted by atomic mass is 10.2. The Morgan fingerprint density at radius 1 is 1.30 bits per heavy atom. The number of nitrogens with one attached hydrogen (secondary N) is 1. The molecule has 0 fully saturated rings. The number of halogens is 1. The van der Waals surface area contributed by atoms with Gasteiger partial charge in [0, 0.05) is 12.3 Å². The van der Waals surface area contributed by atoms with E-state index < -0.39 is 19.9 Å². The molecule has 0 aromatic heterocycles. The molecule has 0 amide bonds. The topological polar surface area (TPSA) is 104 Å². The molecule has 1 rings (SSSR count). The largest absolute Gasteiger partial charge is 0.242 e. The first-order chi connectivity index (χ1) is 9.22. The Morgan fingerprint density at radius 2 is 1.95 bits per heavy atom. The minimum atomic E-state index is -3.95. The lowest BCUT2D eigenvalue weighted by Gasteiger charge is -2.08. The van der Waals surface area contributed by atoms with Gasteiger partial charge in [0.15, 0.2) is 9.84 Å². The summed E-state index contributed by atoms with van der Waals surface area (Å²) in [6, 6.07) is 5.64. The summed E-state index contributed by atoms with van der Waals surface area (Å²) in [4.78, 5) is -0.243. The minimum Gasteiger partial charge on any atom is -0.229 e. The third kappa shape index (κ3) is 4.45. The second-order valence-electron chi connectivity index (χ2n) is 3.89. The highest BCUT2D eigenvalue weighted by molar-refractivity contribution is 7.91. The fourth-order valence-electron chi connectivity index (χ4n) is 1.33. The average molecular weight is 337 g/mol. The molecule has 110 valence electrons. The van der Waals surface area contributed by atoms with E-state index in [9.17, 15) is 16.8 Å². The van der Waals surface area contributed by atoms with Gasteiger partial charge in [-0.05, 0) is 18.2 Å². The van der Waals surface area contributed by atoms with Crippen LogP contribution in [0, 0.1) is 11.3 Å². The van der Waals surface area contributed by atoms with Crippen molar-refractivity contribution in [3.63, 3.8) is 0 Å². The molecular weight excluding hydrogens is 324 g/mol. The summed E-state index contributed by atoms with van der Waals surface area (Å²) in [7, 11) is -7.21. The molecule has 20 heavy (non-hydrogen) atoms. The van der Waals surface area contributed by atoms with E-state index in [0.717, 1.165) is 6.07 Å². The van der Waals surface area contributed by atoms with Crippen LogP contribution in [0.15, 0.2) is 23.1 Å². The van der Waals surface area contributed by atoms with Crippen LogP contribution in [0.1, 0.15) is 12.5 Å². The van der Waals surface area contributed by atoms with E-state index in [2.05, 4.69) is 4.72 Å². The second kappa shape index (κ2) is 6.54. The monoisotopic (exact) mass is 336 g/mol. The van der Waals surface area contributed by atoms with Crippen molar-refractivity contribution in [3.05, 3.63) is 28.8 Å². The van der Waals surface area contributed by atoms with E-state index >= 15 is 0 Å². The fraction of sp³-hybridized carbons (Fsp3) is 0.364. The molecule has 1 aromatic rings. The first-order valence-electron chi connectivity index (χ1n) is 5.61. The van der Waals surface area contributed by atoms with Crippen LogP contribution in [0.2, 0.25) is 5.02 Å². The number of sulfone groups is 1. The third-order valence-corrected chi connectivity index (χ3v) is 6.14. The van der Waals surface area contributed by atoms with E-state index in [4.69, 9.17) is 16.9 Å². The number of hydrogen-bond donors (Lipinski definition) is 1. The van der Waals surface area contributed by atoms with Gasteiger partial charge in [-0.25, -0.2) is 21.6 Å². The predicted molar refractivity (Wildman–Crippen MR) is 75.7 cm³/mol. The van der Waals surface area contributed by atoms with Crippen molar-refractivity contribution in [1.29, 1.82) is 5.26 Å². The van der Waals surface area contributed by atoms with Crippen LogP contribution in [0.3, 0.4) is 0 Å². The lowest BCUT2D eigenvalue weighted by Crippen LogP contribution is -2.30. The van der Waals surface area contributed by atoms with Crippen molar-refractivity contribution >= 4 is 31.5 Å². The van der Waals surface area contributed by atoms with Gasteiger partial charge in [0.05, 0.1) is 22.4 Å². The number of nitriles is 1. The minimum absolute atomic E-state index is 0.0325.